The molecule has 5 rings (SSSR count). The Kier molecular flexibility index (Phi) is 9.50. The van der Waals surface area contributed by atoms with E-state index in [1.54, 1.807) is 36.4 Å². The first-order valence-corrected chi connectivity index (χ1v) is 14.8. The van der Waals surface area contributed by atoms with Crippen molar-refractivity contribution in [3.8, 4) is 22.1 Å². The molecule has 4 aromatic rings. The molecule has 0 bridgehead atoms. The highest BCUT2D eigenvalue weighted by Gasteiger charge is 2.29. The van der Waals surface area contributed by atoms with Gasteiger partial charge in [0.05, 0.1) is 33.8 Å². The Morgan fingerprint density at radius 3 is 2.73 bits per heavy atom. The van der Waals surface area contributed by atoms with E-state index in [-0.39, 0.29) is 18.1 Å². The smallest absolute Gasteiger partial charge is 0.233 e. The topological polar surface area (TPSA) is 79.8 Å². The number of methoxy groups -OCH3 is 1. The van der Waals surface area contributed by atoms with Crippen LogP contribution in [0.5, 0.6) is 11.5 Å². The highest BCUT2D eigenvalue weighted by atomic mass is 32.1. The Hall–Kier alpha value is -3.51. The number of carbonyl (C=O) groups is 1. The van der Waals surface area contributed by atoms with Gasteiger partial charge in [-0.05, 0) is 54.0 Å². The highest BCUT2D eigenvalue weighted by molar-refractivity contribution is 7.80. The minimum absolute atomic E-state index is 0.0695. The summed E-state index contributed by atoms with van der Waals surface area (Å²) in [7, 11) is 1.68. The van der Waals surface area contributed by atoms with Gasteiger partial charge in [-0.1, -0.05) is 19.1 Å². The summed E-state index contributed by atoms with van der Waals surface area (Å²) in [5.41, 5.74) is 3.22. The minimum atomic E-state index is -0.537. The molecule has 0 radical (unpaired) electrons. The van der Waals surface area contributed by atoms with Crippen molar-refractivity contribution < 1.29 is 18.7 Å². The van der Waals surface area contributed by atoms with Crippen LogP contribution in [0, 0.1) is 5.82 Å². The highest BCUT2D eigenvalue weighted by Crippen LogP contribution is 2.39. The molecule has 1 aromatic carbocycles. The zero-order valence-electron chi connectivity index (χ0n) is 23.1. The fraction of sp³-hybridized carbons (Fsp3) is 0.333. The molecule has 11 heteroatoms. The van der Waals surface area contributed by atoms with E-state index < -0.39 is 5.82 Å². The molecule has 0 atom stereocenters. The summed E-state index contributed by atoms with van der Waals surface area (Å²) in [6.07, 6.45) is 4.52. The van der Waals surface area contributed by atoms with E-state index in [1.165, 1.54) is 17.4 Å². The van der Waals surface area contributed by atoms with E-state index >= 15 is 4.39 Å². The Labute approximate surface area is 248 Å². The molecule has 41 heavy (non-hydrogen) atoms. The predicted molar refractivity (Wildman–Crippen MR) is 163 cm³/mol. The third-order valence-corrected chi connectivity index (χ3v) is 8.37. The van der Waals surface area contributed by atoms with Crippen LogP contribution in [0.3, 0.4) is 0 Å². The number of ether oxygens (including phenoxy) is 2. The number of thiocarbonyl (C=S) groups is 1. The molecule has 0 spiro atoms. The molecule has 214 valence electrons. The number of pyridine rings is 2. The minimum Gasteiger partial charge on any atom is -0.453 e. The van der Waals surface area contributed by atoms with Gasteiger partial charge in [0, 0.05) is 58.3 Å². The van der Waals surface area contributed by atoms with Gasteiger partial charge in [0.25, 0.3) is 0 Å². The third kappa shape index (κ3) is 6.87. The average molecular weight is 594 g/mol. The van der Waals surface area contributed by atoms with Crippen LogP contribution in [0.2, 0.25) is 0 Å². The van der Waals surface area contributed by atoms with Gasteiger partial charge in [0.2, 0.25) is 5.91 Å². The quantitative estimate of drug-likeness (QED) is 0.173. The van der Waals surface area contributed by atoms with Crippen LogP contribution in [-0.4, -0.2) is 70.7 Å². The summed E-state index contributed by atoms with van der Waals surface area (Å²) in [5.74, 6) is -0.0816. The van der Waals surface area contributed by atoms with Crippen LogP contribution in [0.1, 0.15) is 24.5 Å². The first-order valence-electron chi connectivity index (χ1n) is 13.6. The summed E-state index contributed by atoms with van der Waals surface area (Å²) in [4.78, 5) is 26.5. The molecule has 3 aromatic heterocycles. The fourth-order valence-corrected chi connectivity index (χ4v) is 6.04. The molecular formula is C30H32FN5O3S2. The molecule has 1 saturated heterocycles. The lowest BCUT2D eigenvalue weighted by Crippen LogP contribution is -2.37. The van der Waals surface area contributed by atoms with Crippen LogP contribution in [-0.2, 0) is 22.5 Å². The summed E-state index contributed by atoms with van der Waals surface area (Å²) < 4.78 is 27.0. The number of hydrogen-bond donors (Lipinski definition) is 1. The molecule has 0 aliphatic carbocycles. The lowest BCUT2D eigenvalue weighted by atomic mass is 10.1. The van der Waals surface area contributed by atoms with Crippen LogP contribution >= 0.6 is 23.6 Å². The third-order valence-electron chi connectivity index (χ3n) is 6.73. The summed E-state index contributed by atoms with van der Waals surface area (Å²) in [5, 5.41) is 3.86. The summed E-state index contributed by atoms with van der Waals surface area (Å²) >= 11 is 6.95. The summed E-state index contributed by atoms with van der Waals surface area (Å²) in [6.45, 7) is 6.35. The van der Waals surface area contributed by atoms with Gasteiger partial charge >= 0.3 is 0 Å². The van der Waals surface area contributed by atoms with Crippen molar-refractivity contribution in [2.24, 2.45) is 0 Å². The maximum absolute atomic E-state index is 15.1. The number of aromatic nitrogens is 2. The van der Waals surface area contributed by atoms with Crippen molar-refractivity contribution in [1.82, 2.24) is 25.1 Å². The van der Waals surface area contributed by atoms with E-state index in [0.29, 0.717) is 36.1 Å². The average Bonchev–Trinajstić information content (AvgIpc) is 3.57. The maximum atomic E-state index is 15.1. The molecule has 4 heterocycles. The second kappa shape index (κ2) is 13.4. The van der Waals surface area contributed by atoms with Gasteiger partial charge in [-0.15, -0.1) is 11.3 Å². The van der Waals surface area contributed by atoms with Gasteiger partial charge < -0.3 is 19.7 Å². The maximum Gasteiger partial charge on any atom is 0.233 e. The molecule has 0 unspecified atom stereocenters. The Balaban J connectivity index is 1.26. The van der Waals surface area contributed by atoms with Crippen LogP contribution in [0.15, 0.2) is 54.9 Å². The first-order chi connectivity index (χ1) is 20.0. The molecule has 1 fully saturated rings. The molecule has 0 saturated carbocycles. The van der Waals surface area contributed by atoms with Crippen molar-refractivity contribution in [3.63, 3.8) is 0 Å². The number of halogens is 1. The monoisotopic (exact) mass is 593 g/mol. The number of nitrogens with one attached hydrogen (secondary N) is 1. The molecule has 8 nitrogen and oxygen atoms in total. The Morgan fingerprint density at radius 2 is 1.98 bits per heavy atom. The van der Waals surface area contributed by atoms with Gasteiger partial charge in [-0.2, -0.15) is 0 Å². The van der Waals surface area contributed by atoms with Crippen LogP contribution in [0.4, 0.5) is 4.39 Å². The SMILES string of the molecule is CCCN1CCN(C(=O)Cc2ccc(Oc3ccnc4cc(-c5ccc(CNCCOC)cn5)sc34)c(F)c2)C1=S. The predicted octanol–water partition coefficient (Wildman–Crippen LogP) is 5.41. The lowest BCUT2D eigenvalue weighted by Gasteiger charge is -2.20. The Bertz CT molecular complexity index is 1530. The largest absolute Gasteiger partial charge is 0.453 e. The number of carbonyl (C=O) groups excluding carboxylic acids is 1. The molecule has 1 amide bonds. The van der Waals surface area contributed by atoms with E-state index in [1.807, 2.05) is 29.3 Å². The zero-order valence-corrected chi connectivity index (χ0v) is 24.7. The van der Waals surface area contributed by atoms with Crippen molar-refractivity contribution in [2.45, 2.75) is 26.3 Å². The van der Waals surface area contributed by atoms with E-state index in [9.17, 15) is 4.79 Å². The standard InChI is InChI=1S/C30H32FN5O3S2/c1-3-11-35-12-13-36(30(35)40)28(37)16-20-5-7-25(22(31)15-20)39-26-8-9-33-24-17-27(41-29(24)26)23-6-4-21(19-34-23)18-32-10-14-38-2/h4-9,15,17,19,32H,3,10-14,16,18H2,1-2H3. The van der Waals surface area contributed by atoms with E-state index in [2.05, 4.69) is 22.2 Å². The number of benzene rings is 1. The zero-order chi connectivity index (χ0) is 28.8. The van der Waals surface area contributed by atoms with Crippen molar-refractivity contribution in [2.75, 3.05) is 39.9 Å². The van der Waals surface area contributed by atoms with Crippen molar-refractivity contribution >= 4 is 44.8 Å². The van der Waals surface area contributed by atoms with E-state index in [0.717, 1.165) is 52.4 Å². The Morgan fingerprint density at radius 1 is 1.12 bits per heavy atom. The number of thiophene rings is 1. The van der Waals surface area contributed by atoms with Gasteiger partial charge in [-0.3, -0.25) is 19.7 Å². The number of nitrogens with zero attached hydrogens (tertiary/aromatic N) is 4. The normalized spacial score (nSPS) is 13.4. The molecule has 1 N–H and O–H groups in total. The lowest BCUT2D eigenvalue weighted by molar-refractivity contribution is -0.126. The van der Waals surface area contributed by atoms with Gasteiger partial charge in [0.15, 0.2) is 16.7 Å². The van der Waals surface area contributed by atoms with Crippen LogP contribution < -0.4 is 10.1 Å². The van der Waals surface area contributed by atoms with Gasteiger partial charge in [-0.25, -0.2) is 4.39 Å². The molecule has 1 aliphatic heterocycles. The van der Waals surface area contributed by atoms with Crippen molar-refractivity contribution in [1.29, 1.82) is 0 Å². The van der Waals surface area contributed by atoms with Crippen molar-refractivity contribution in [3.05, 3.63) is 71.8 Å². The molecule has 1 aliphatic rings. The number of amides is 1. The number of hydrogen-bond acceptors (Lipinski definition) is 8. The number of rotatable bonds is 12. The fourth-order valence-electron chi connectivity index (χ4n) is 4.62. The second-order valence-corrected chi connectivity index (χ2v) is 11.1. The molecular weight excluding hydrogens is 561 g/mol. The first kappa shape index (κ1) is 29.0. The summed E-state index contributed by atoms with van der Waals surface area (Å²) in [6, 6.07) is 12.3. The van der Waals surface area contributed by atoms with Crippen LogP contribution in [0.25, 0.3) is 20.8 Å². The van der Waals surface area contributed by atoms with E-state index in [4.69, 9.17) is 21.7 Å². The second-order valence-electron chi connectivity index (χ2n) is 9.71. The van der Waals surface area contributed by atoms with Gasteiger partial charge in [0.1, 0.15) is 5.75 Å². The number of fused-ring (bicyclic) bond motifs is 1.